The number of rotatable bonds is 1. The Bertz CT molecular complexity index is 571. The molecule has 0 unspecified atom stereocenters. The fraction of sp³-hybridized carbons (Fsp3) is 0.462. The van der Waals surface area contributed by atoms with Crippen LogP contribution in [0.4, 0.5) is 5.00 Å². The van der Waals surface area contributed by atoms with Gasteiger partial charge in [-0.1, -0.05) is 6.92 Å². The van der Waals surface area contributed by atoms with E-state index in [0.29, 0.717) is 11.5 Å². The first-order chi connectivity index (χ1) is 9.01. The normalized spacial score (nSPS) is 17.2. The van der Waals surface area contributed by atoms with Gasteiger partial charge in [-0.15, -0.1) is 11.3 Å². The molecule has 0 saturated heterocycles. The number of thiocarbonyl (C=S) groups is 1. The summed E-state index contributed by atoms with van der Waals surface area (Å²) in [5.74, 6) is 0.443. The van der Waals surface area contributed by atoms with Crippen molar-refractivity contribution in [1.82, 2.24) is 5.32 Å². The summed E-state index contributed by atoms with van der Waals surface area (Å²) in [6, 6.07) is 2.25. The van der Waals surface area contributed by atoms with Crippen LogP contribution in [0, 0.1) is 17.2 Å². The molecule has 2 rings (SSSR count). The average molecular weight is 293 g/mol. The quantitative estimate of drug-likeness (QED) is 0.781. The van der Waals surface area contributed by atoms with Crippen LogP contribution in [-0.2, 0) is 17.6 Å². The van der Waals surface area contributed by atoms with E-state index in [2.05, 4.69) is 23.6 Å². The number of nitriles is 1. The average Bonchev–Trinajstić information content (AvgIpc) is 2.63. The van der Waals surface area contributed by atoms with Crippen LogP contribution in [0.5, 0.6) is 0 Å². The first-order valence-corrected chi connectivity index (χ1v) is 7.37. The van der Waals surface area contributed by atoms with E-state index in [1.165, 1.54) is 11.8 Å². The van der Waals surface area contributed by atoms with Crippen LogP contribution in [0.15, 0.2) is 0 Å². The highest BCUT2D eigenvalue weighted by Crippen LogP contribution is 2.39. The van der Waals surface area contributed by atoms with Gasteiger partial charge >= 0.3 is 0 Å². The second-order valence-corrected chi connectivity index (χ2v) is 6.32. The molecule has 1 aromatic heterocycles. The van der Waals surface area contributed by atoms with Crippen molar-refractivity contribution in [3.8, 4) is 6.07 Å². The summed E-state index contributed by atoms with van der Waals surface area (Å²) < 4.78 is 0. The summed E-state index contributed by atoms with van der Waals surface area (Å²) in [5, 5.41) is 15.8. The lowest BCUT2D eigenvalue weighted by Crippen LogP contribution is -2.32. The van der Waals surface area contributed by atoms with Gasteiger partial charge in [0.2, 0.25) is 5.91 Å². The van der Waals surface area contributed by atoms with Crippen molar-refractivity contribution in [2.45, 2.75) is 33.1 Å². The third kappa shape index (κ3) is 3.11. The van der Waals surface area contributed by atoms with Crippen molar-refractivity contribution in [3.05, 3.63) is 16.0 Å². The molecular formula is C13H15N3OS2. The molecule has 100 valence electrons. The van der Waals surface area contributed by atoms with Crippen molar-refractivity contribution in [2.75, 3.05) is 5.32 Å². The summed E-state index contributed by atoms with van der Waals surface area (Å²) in [5.41, 5.74) is 1.83. The Hall–Kier alpha value is -1.45. The molecule has 4 nitrogen and oxygen atoms in total. The van der Waals surface area contributed by atoms with Gasteiger partial charge in [0.05, 0.1) is 5.56 Å². The van der Waals surface area contributed by atoms with Gasteiger partial charge in [-0.25, -0.2) is 0 Å². The monoisotopic (exact) mass is 293 g/mol. The summed E-state index contributed by atoms with van der Waals surface area (Å²) in [4.78, 5) is 12.2. The maximum Gasteiger partial charge on any atom is 0.222 e. The summed E-state index contributed by atoms with van der Waals surface area (Å²) in [7, 11) is 0. The smallest absolute Gasteiger partial charge is 0.222 e. The minimum Gasteiger partial charge on any atom is -0.323 e. The lowest BCUT2D eigenvalue weighted by molar-refractivity contribution is -0.117. The van der Waals surface area contributed by atoms with Crippen molar-refractivity contribution in [1.29, 1.82) is 5.26 Å². The second-order valence-electron chi connectivity index (χ2n) is 4.80. The number of carbonyl (C=O) groups excluding carboxylic acids is 1. The molecule has 0 aliphatic heterocycles. The van der Waals surface area contributed by atoms with Crippen LogP contribution in [-0.4, -0.2) is 11.0 Å². The van der Waals surface area contributed by atoms with Crippen molar-refractivity contribution in [3.63, 3.8) is 0 Å². The zero-order valence-electron chi connectivity index (χ0n) is 10.9. The Morgan fingerprint density at radius 1 is 1.58 bits per heavy atom. The number of hydrogen-bond acceptors (Lipinski definition) is 4. The Balaban J connectivity index is 2.24. The molecule has 1 aliphatic carbocycles. The van der Waals surface area contributed by atoms with Gasteiger partial charge in [0.15, 0.2) is 5.11 Å². The van der Waals surface area contributed by atoms with E-state index in [4.69, 9.17) is 12.2 Å². The molecule has 0 saturated carbocycles. The van der Waals surface area contributed by atoms with E-state index in [0.717, 1.165) is 29.8 Å². The fourth-order valence-electron chi connectivity index (χ4n) is 2.25. The van der Waals surface area contributed by atoms with E-state index in [1.807, 2.05) is 0 Å². The molecule has 1 atom stereocenters. The Kier molecular flexibility index (Phi) is 4.17. The van der Waals surface area contributed by atoms with Gasteiger partial charge < -0.3 is 10.6 Å². The lowest BCUT2D eigenvalue weighted by Gasteiger charge is -2.17. The van der Waals surface area contributed by atoms with Crippen molar-refractivity contribution >= 4 is 39.6 Å². The molecule has 0 fully saturated rings. The minimum atomic E-state index is -0.217. The Morgan fingerprint density at radius 3 is 2.95 bits per heavy atom. The topological polar surface area (TPSA) is 64.9 Å². The summed E-state index contributed by atoms with van der Waals surface area (Å²) in [6.45, 7) is 3.63. The lowest BCUT2D eigenvalue weighted by atomic mass is 9.89. The molecule has 0 spiro atoms. The number of nitrogens with one attached hydrogen (secondary N) is 2. The van der Waals surface area contributed by atoms with Crippen LogP contribution in [0.2, 0.25) is 0 Å². The highest BCUT2D eigenvalue weighted by atomic mass is 32.1. The van der Waals surface area contributed by atoms with Crippen molar-refractivity contribution in [2.24, 2.45) is 5.92 Å². The molecule has 1 aromatic rings. The third-order valence-corrected chi connectivity index (χ3v) is 4.51. The van der Waals surface area contributed by atoms with Crippen LogP contribution in [0.25, 0.3) is 0 Å². The molecule has 2 N–H and O–H groups in total. The van der Waals surface area contributed by atoms with Crippen LogP contribution in [0.3, 0.4) is 0 Å². The summed E-state index contributed by atoms with van der Waals surface area (Å²) >= 11 is 6.61. The Labute approximate surface area is 121 Å². The van der Waals surface area contributed by atoms with E-state index in [9.17, 15) is 10.1 Å². The molecular weight excluding hydrogens is 278 g/mol. The Morgan fingerprint density at radius 2 is 2.32 bits per heavy atom. The van der Waals surface area contributed by atoms with Gasteiger partial charge in [-0.2, -0.15) is 5.26 Å². The highest BCUT2D eigenvalue weighted by Gasteiger charge is 2.24. The minimum absolute atomic E-state index is 0.217. The number of nitrogens with zero attached hydrogens (tertiary/aromatic N) is 1. The van der Waals surface area contributed by atoms with Crippen LogP contribution >= 0.6 is 23.6 Å². The number of amides is 1. The van der Waals surface area contributed by atoms with E-state index < -0.39 is 0 Å². The molecule has 6 heteroatoms. The van der Waals surface area contributed by atoms with Crippen LogP contribution in [0.1, 0.15) is 36.3 Å². The first-order valence-electron chi connectivity index (χ1n) is 6.14. The standard InChI is InChI=1S/C13H15N3OS2/c1-7-3-4-9-10(6-14)12(19-11(9)5-7)16-13(18)15-8(2)17/h7H,3-5H2,1-2H3,(H2,15,16,17,18)/t7-/m1/s1. The van der Waals surface area contributed by atoms with Crippen molar-refractivity contribution < 1.29 is 4.79 Å². The SMILES string of the molecule is CC(=O)NC(=S)Nc1sc2c(c1C#N)CC[C@@H](C)C2. The van der Waals surface area contributed by atoms with Gasteiger partial charge in [0, 0.05) is 11.8 Å². The van der Waals surface area contributed by atoms with Gasteiger partial charge in [-0.3, -0.25) is 4.79 Å². The predicted octanol–water partition coefficient (Wildman–Crippen LogP) is 2.58. The van der Waals surface area contributed by atoms with E-state index in [1.54, 1.807) is 11.3 Å². The predicted molar refractivity (Wildman–Crippen MR) is 80.3 cm³/mol. The number of hydrogen-bond donors (Lipinski definition) is 2. The molecule has 1 aliphatic rings. The zero-order chi connectivity index (χ0) is 14.0. The van der Waals surface area contributed by atoms with Gasteiger partial charge in [0.1, 0.15) is 11.1 Å². The van der Waals surface area contributed by atoms with E-state index in [-0.39, 0.29) is 11.0 Å². The fourth-order valence-corrected chi connectivity index (χ4v) is 3.93. The van der Waals surface area contributed by atoms with Crippen LogP contribution < -0.4 is 10.6 Å². The van der Waals surface area contributed by atoms with Gasteiger partial charge in [-0.05, 0) is 43.0 Å². The number of thiophene rings is 1. The molecule has 0 radical (unpaired) electrons. The van der Waals surface area contributed by atoms with Gasteiger partial charge in [0.25, 0.3) is 0 Å². The maximum absolute atomic E-state index is 10.9. The highest BCUT2D eigenvalue weighted by molar-refractivity contribution is 7.80. The summed E-state index contributed by atoms with van der Waals surface area (Å²) in [6.07, 6.45) is 3.09. The molecule has 0 aromatic carbocycles. The van der Waals surface area contributed by atoms with E-state index >= 15 is 0 Å². The first kappa shape index (κ1) is 14.0. The molecule has 1 heterocycles. The molecule has 19 heavy (non-hydrogen) atoms. The number of fused-ring (bicyclic) bond motifs is 1. The number of anilines is 1. The largest absolute Gasteiger partial charge is 0.323 e. The third-order valence-electron chi connectivity index (χ3n) is 3.14. The molecule has 0 bridgehead atoms. The number of carbonyl (C=O) groups is 1. The zero-order valence-corrected chi connectivity index (χ0v) is 12.5. The molecule has 1 amide bonds. The second kappa shape index (κ2) is 5.68. The maximum atomic E-state index is 10.9.